The minimum absolute atomic E-state index is 0.149. The number of oxazole rings is 1. The van der Waals surface area contributed by atoms with E-state index in [1.165, 1.54) is 0 Å². The molecule has 1 aliphatic rings. The molecule has 88 valence electrons. The highest BCUT2D eigenvalue weighted by molar-refractivity contribution is 5.68. The molecule has 0 aromatic carbocycles. The van der Waals surface area contributed by atoms with Crippen LogP contribution in [0.2, 0.25) is 0 Å². The van der Waals surface area contributed by atoms with Gasteiger partial charge in [0, 0.05) is 19.1 Å². The van der Waals surface area contributed by atoms with Crippen molar-refractivity contribution in [2.24, 2.45) is 0 Å². The van der Waals surface area contributed by atoms with Gasteiger partial charge in [-0.05, 0) is 19.8 Å². The first kappa shape index (κ1) is 11.1. The molecule has 1 N–H and O–H groups in total. The number of carboxylic acids is 1. The number of ether oxygens (including phenoxy) is 1. The number of aromatic nitrogens is 1. The second-order valence-electron chi connectivity index (χ2n) is 4.01. The van der Waals surface area contributed by atoms with Crippen LogP contribution in [0.5, 0.6) is 0 Å². The number of hydrogen-bond donors (Lipinski definition) is 1. The number of nitrogens with zero attached hydrogens (tertiary/aromatic N) is 1. The zero-order chi connectivity index (χ0) is 11.5. The summed E-state index contributed by atoms with van der Waals surface area (Å²) in [6, 6.07) is 0. The lowest BCUT2D eigenvalue weighted by Gasteiger charge is -2.20. The number of carboxylic acid groups (broad SMARTS) is 1. The van der Waals surface area contributed by atoms with Gasteiger partial charge in [0.2, 0.25) is 5.89 Å². The third kappa shape index (κ3) is 2.41. The first-order valence-corrected chi connectivity index (χ1v) is 5.42. The molecule has 0 saturated carbocycles. The van der Waals surface area contributed by atoms with Crippen molar-refractivity contribution < 1.29 is 19.1 Å². The SMILES string of the molecule is Cc1oc(CC(=O)O)nc1C1CCOCC1. The maximum Gasteiger partial charge on any atom is 0.312 e. The van der Waals surface area contributed by atoms with Crippen molar-refractivity contribution in [3.63, 3.8) is 0 Å². The number of hydrogen-bond acceptors (Lipinski definition) is 4. The quantitative estimate of drug-likeness (QED) is 0.844. The fourth-order valence-electron chi connectivity index (χ4n) is 2.02. The molecule has 5 nitrogen and oxygen atoms in total. The molecule has 1 aromatic heterocycles. The monoisotopic (exact) mass is 225 g/mol. The van der Waals surface area contributed by atoms with Gasteiger partial charge in [-0.15, -0.1) is 0 Å². The Morgan fingerprint density at radius 3 is 2.81 bits per heavy atom. The molecule has 2 rings (SSSR count). The minimum atomic E-state index is -0.917. The molecule has 1 fully saturated rings. The van der Waals surface area contributed by atoms with Crippen LogP contribution in [0.1, 0.15) is 36.1 Å². The molecule has 0 radical (unpaired) electrons. The van der Waals surface area contributed by atoms with Crippen molar-refractivity contribution in [2.75, 3.05) is 13.2 Å². The molecule has 1 aromatic rings. The van der Waals surface area contributed by atoms with Gasteiger partial charge in [0.15, 0.2) is 0 Å². The molecule has 5 heteroatoms. The van der Waals surface area contributed by atoms with E-state index in [-0.39, 0.29) is 6.42 Å². The van der Waals surface area contributed by atoms with Crippen LogP contribution in [0.3, 0.4) is 0 Å². The van der Waals surface area contributed by atoms with Gasteiger partial charge in [-0.3, -0.25) is 4.79 Å². The van der Waals surface area contributed by atoms with Gasteiger partial charge in [0.1, 0.15) is 12.2 Å². The fourth-order valence-corrected chi connectivity index (χ4v) is 2.02. The number of aliphatic carboxylic acids is 1. The molecule has 1 saturated heterocycles. The van der Waals surface area contributed by atoms with Crippen LogP contribution >= 0.6 is 0 Å². The van der Waals surface area contributed by atoms with Crippen LogP contribution in [-0.2, 0) is 16.0 Å². The molecule has 0 aliphatic carbocycles. The van der Waals surface area contributed by atoms with E-state index >= 15 is 0 Å². The summed E-state index contributed by atoms with van der Waals surface area (Å²) in [5.41, 5.74) is 0.902. The van der Waals surface area contributed by atoms with E-state index in [9.17, 15) is 4.79 Å². The van der Waals surface area contributed by atoms with Crippen molar-refractivity contribution in [1.82, 2.24) is 4.98 Å². The minimum Gasteiger partial charge on any atom is -0.481 e. The van der Waals surface area contributed by atoms with E-state index in [2.05, 4.69) is 4.98 Å². The maximum atomic E-state index is 10.5. The molecule has 0 spiro atoms. The van der Waals surface area contributed by atoms with E-state index in [4.69, 9.17) is 14.3 Å². The van der Waals surface area contributed by atoms with Crippen LogP contribution in [0.25, 0.3) is 0 Å². The maximum absolute atomic E-state index is 10.5. The highest BCUT2D eigenvalue weighted by Gasteiger charge is 2.23. The second kappa shape index (κ2) is 4.65. The zero-order valence-corrected chi connectivity index (χ0v) is 9.23. The Labute approximate surface area is 93.4 Å². The van der Waals surface area contributed by atoms with Gasteiger partial charge in [-0.25, -0.2) is 4.98 Å². The van der Waals surface area contributed by atoms with E-state index in [1.54, 1.807) is 0 Å². The van der Waals surface area contributed by atoms with Gasteiger partial charge < -0.3 is 14.3 Å². The summed E-state index contributed by atoms with van der Waals surface area (Å²) in [5.74, 6) is 0.467. The van der Waals surface area contributed by atoms with Gasteiger partial charge in [0.25, 0.3) is 0 Å². The summed E-state index contributed by atoms with van der Waals surface area (Å²) >= 11 is 0. The smallest absolute Gasteiger partial charge is 0.312 e. The van der Waals surface area contributed by atoms with Crippen molar-refractivity contribution >= 4 is 5.97 Å². The predicted molar refractivity (Wildman–Crippen MR) is 55.4 cm³/mol. The van der Waals surface area contributed by atoms with Crippen LogP contribution in [-0.4, -0.2) is 29.3 Å². The van der Waals surface area contributed by atoms with Crippen LogP contribution in [0.4, 0.5) is 0 Å². The summed E-state index contributed by atoms with van der Waals surface area (Å²) in [6.07, 6.45) is 1.71. The van der Waals surface area contributed by atoms with Crippen molar-refractivity contribution in [1.29, 1.82) is 0 Å². The third-order valence-electron chi connectivity index (χ3n) is 2.79. The standard InChI is InChI=1S/C11H15NO4/c1-7-11(8-2-4-15-5-3-8)12-9(16-7)6-10(13)14/h8H,2-6H2,1H3,(H,13,14). The third-order valence-corrected chi connectivity index (χ3v) is 2.79. The fraction of sp³-hybridized carbons (Fsp3) is 0.636. The molecule has 0 unspecified atom stereocenters. The van der Waals surface area contributed by atoms with Crippen molar-refractivity contribution in [3.05, 3.63) is 17.3 Å². The largest absolute Gasteiger partial charge is 0.481 e. The molecular formula is C11H15NO4. The Balaban J connectivity index is 2.13. The molecule has 16 heavy (non-hydrogen) atoms. The number of rotatable bonds is 3. The molecule has 2 heterocycles. The Morgan fingerprint density at radius 2 is 2.19 bits per heavy atom. The number of aryl methyl sites for hydroxylation is 1. The van der Waals surface area contributed by atoms with Gasteiger partial charge in [0.05, 0.1) is 5.69 Å². The Morgan fingerprint density at radius 1 is 1.50 bits per heavy atom. The van der Waals surface area contributed by atoms with Gasteiger partial charge in [-0.1, -0.05) is 0 Å². The van der Waals surface area contributed by atoms with Crippen molar-refractivity contribution in [2.45, 2.75) is 32.1 Å². The van der Waals surface area contributed by atoms with Gasteiger partial charge in [-0.2, -0.15) is 0 Å². The summed E-state index contributed by atoms with van der Waals surface area (Å²) in [4.78, 5) is 14.8. The lowest BCUT2D eigenvalue weighted by molar-refractivity contribution is -0.136. The zero-order valence-electron chi connectivity index (χ0n) is 9.23. The van der Waals surface area contributed by atoms with E-state index in [1.807, 2.05) is 6.92 Å². The van der Waals surface area contributed by atoms with Gasteiger partial charge >= 0.3 is 5.97 Å². The summed E-state index contributed by atoms with van der Waals surface area (Å²) in [6.45, 7) is 3.32. The highest BCUT2D eigenvalue weighted by Crippen LogP contribution is 2.28. The van der Waals surface area contributed by atoms with E-state index in [0.717, 1.165) is 37.5 Å². The average Bonchev–Trinajstić information content (AvgIpc) is 2.60. The predicted octanol–water partition coefficient (Wildman–Crippen LogP) is 1.50. The summed E-state index contributed by atoms with van der Waals surface area (Å²) in [5, 5.41) is 8.66. The number of carbonyl (C=O) groups is 1. The average molecular weight is 225 g/mol. The molecular weight excluding hydrogens is 210 g/mol. The molecule has 1 aliphatic heterocycles. The van der Waals surface area contributed by atoms with Crippen LogP contribution in [0, 0.1) is 6.92 Å². The second-order valence-corrected chi connectivity index (χ2v) is 4.01. The normalized spacial score (nSPS) is 17.6. The lowest BCUT2D eigenvalue weighted by atomic mass is 9.96. The van der Waals surface area contributed by atoms with E-state index in [0.29, 0.717) is 11.8 Å². The summed E-state index contributed by atoms with van der Waals surface area (Å²) in [7, 11) is 0. The molecule has 0 atom stereocenters. The van der Waals surface area contributed by atoms with Crippen molar-refractivity contribution in [3.8, 4) is 0 Å². The highest BCUT2D eigenvalue weighted by atomic mass is 16.5. The Bertz CT molecular complexity index is 379. The molecule has 0 amide bonds. The topological polar surface area (TPSA) is 72.6 Å². The first-order chi connectivity index (χ1) is 7.66. The van der Waals surface area contributed by atoms with Crippen LogP contribution < -0.4 is 0 Å². The summed E-state index contributed by atoms with van der Waals surface area (Å²) < 4.78 is 10.6. The Hall–Kier alpha value is -1.36. The lowest BCUT2D eigenvalue weighted by Crippen LogP contribution is -2.15. The van der Waals surface area contributed by atoms with Crippen LogP contribution in [0.15, 0.2) is 4.42 Å². The molecule has 0 bridgehead atoms. The first-order valence-electron chi connectivity index (χ1n) is 5.42. The Kier molecular flexibility index (Phi) is 3.24. The van der Waals surface area contributed by atoms with E-state index < -0.39 is 5.97 Å².